The van der Waals surface area contributed by atoms with Crippen LogP contribution >= 0.6 is 0 Å². The Morgan fingerprint density at radius 3 is 2.35 bits per heavy atom. The van der Waals surface area contributed by atoms with Crippen molar-refractivity contribution in [3.05, 3.63) is 23.3 Å². The summed E-state index contributed by atoms with van der Waals surface area (Å²) in [6.07, 6.45) is 3.82. The van der Waals surface area contributed by atoms with E-state index in [1.54, 1.807) is 6.92 Å². The van der Waals surface area contributed by atoms with Crippen molar-refractivity contribution in [2.45, 2.75) is 115 Å². The van der Waals surface area contributed by atoms with Gasteiger partial charge in [0.05, 0.1) is 5.41 Å². The molecule has 0 aromatic carbocycles. The molecule has 0 aromatic rings. The first-order valence-corrected chi connectivity index (χ1v) is 14.4. The van der Waals surface area contributed by atoms with Crippen LogP contribution in [0, 0.1) is 22.7 Å². The number of hydrogen-bond acceptors (Lipinski definition) is 9. The number of rotatable bonds is 7. The Hall–Kier alpha value is -2.07. The normalized spacial score (nSPS) is 42.8. The molecule has 0 bridgehead atoms. The van der Waals surface area contributed by atoms with Gasteiger partial charge < -0.3 is 29.5 Å². The Balaban J connectivity index is 1.76. The fraction of sp³-hybridized carbons (Fsp3) is 0.774. The maximum Gasteiger partial charge on any atom is 0.332 e. The first-order chi connectivity index (χ1) is 18.5. The second-order valence-electron chi connectivity index (χ2n) is 13.3. The van der Waals surface area contributed by atoms with Crippen LogP contribution in [0.2, 0.25) is 0 Å². The van der Waals surface area contributed by atoms with Crippen LogP contribution in [0.1, 0.15) is 86.5 Å². The van der Waals surface area contributed by atoms with Gasteiger partial charge >= 0.3 is 11.9 Å². The number of hydrogen-bond donors (Lipinski definition) is 3. The van der Waals surface area contributed by atoms with E-state index in [9.17, 15) is 29.7 Å². The summed E-state index contributed by atoms with van der Waals surface area (Å²) in [7, 11) is 1.44. The maximum atomic E-state index is 13.2. The minimum absolute atomic E-state index is 0.0159. The van der Waals surface area contributed by atoms with Gasteiger partial charge in [0.15, 0.2) is 5.78 Å². The predicted octanol–water partition coefficient (Wildman–Crippen LogP) is 3.18. The van der Waals surface area contributed by atoms with Crippen molar-refractivity contribution < 1.29 is 43.9 Å². The van der Waals surface area contributed by atoms with E-state index in [1.165, 1.54) is 20.1 Å². The van der Waals surface area contributed by atoms with Crippen LogP contribution in [0.25, 0.3) is 0 Å². The number of ether oxygens (including phenoxy) is 3. The van der Waals surface area contributed by atoms with Crippen molar-refractivity contribution >= 4 is 17.7 Å². The molecule has 0 saturated heterocycles. The number of aliphatic hydroxyl groups is 3. The van der Waals surface area contributed by atoms with Crippen molar-refractivity contribution in [3.8, 4) is 0 Å². The Kier molecular flexibility index (Phi) is 7.98. The Bertz CT molecular complexity index is 1130. The molecule has 9 heteroatoms. The molecule has 3 fully saturated rings. The topological polar surface area (TPSA) is 140 Å². The first kappa shape index (κ1) is 30.9. The van der Waals surface area contributed by atoms with E-state index in [0.29, 0.717) is 19.3 Å². The van der Waals surface area contributed by atoms with Crippen molar-refractivity contribution in [1.82, 2.24) is 0 Å². The number of allylic oxidation sites excluding steroid dienone is 1. The Morgan fingerprint density at radius 1 is 1.07 bits per heavy atom. The van der Waals surface area contributed by atoms with Crippen molar-refractivity contribution in [2.24, 2.45) is 22.7 Å². The summed E-state index contributed by atoms with van der Waals surface area (Å²) in [5, 5.41) is 36.8. The van der Waals surface area contributed by atoms with Gasteiger partial charge in [-0.05, 0) is 70.6 Å². The van der Waals surface area contributed by atoms with E-state index in [2.05, 4.69) is 0 Å². The fourth-order valence-corrected chi connectivity index (χ4v) is 8.32. The minimum Gasteiger partial charge on any atom is -0.460 e. The molecule has 4 aliphatic carbocycles. The maximum absolute atomic E-state index is 13.2. The summed E-state index contributed by atoms with van der Waals surface area (Å²) in [6, 6.07) is 0. The number of fused-ring (bicyclic) bond motifs is 5. The summed E-state index contributed by atoms with van der Waals surface area (Å²) in [6.45, 7) is 10.5. The van der Waals surface area contributed by atoms with Gasteiger partial charge in [-0.25, -0.2) is 9.59 Å². The van der Waals surface area contributed by atoms with Crippen LogP contribution in [-0.4, -0.2) is 75.8 Å². The molecule has 40 heavy (non-hydrogen) atoms. The van der Waals surface area contributed by atoms with Crippen molar-refractivity contribution in [1.29, 1.82) is 0 Å². The van der Waals surface area contributed by atoms with Crippen molar-refractivity contribution in [3.63, 3.8) is 0 Å². The molecule has 9 nitrogen and oxygen atoms in total. The highest BCUT2D eigenvalue weighted by Crippen LogP contribution is 2.71. The molecule has 8 atom stereocenters. The van der Waals surface area contributed by atoms with E-state index >= 15 is 0 Å². The minimum atomic E-state index is -1.98. The van der Waals surface area contributed by atoms with Gasteiger partial charge in [-0.2, -0.15) is 0 Å². The monoisotopic (exact) mass is 562 g/mol. The van der Waals surface area contributed by atoms with Gasteiger partial charge in [0, 0.05) is 25.5 Å². The van der Waals surface area contributed by atoms with E-state index in [4.69, 9.17) is 14.2 Å². The Labute approximate surface area is 236 Å². The summed E-state index contributed by atoms with van der Waals surface area (Å²) in [5.74, 6) is -1.97. The molecule has 0 aromatic heterocycles. The average molecular weight is 563 g/mol. The standard InChI is InChI=1S/C31H46O9/c1-18(2)19(3)14-25(33)40-24-16-23-27(5)10-9-22(39-26(34)17-38-7)15-21(27)8-11-30(23,36)31(37)13-12-29(35,20(4)32)28(24,31)6/h8,14,18,22-24,35-37H,9-13,15-17H2,1-7H3/b19-14+/t22-,23+,24+,27-,28+,29+,30-,31+/m0/s1. The smallest absolute Gasteiger partial charge is 0.332 e. The molecule has 0 aliphatic heterocycles. The van der Waals surface area contributed by atoms with E-state index < -0.39 is 57.4 Å². The van der Waals surface area contributed by atoms with Crippen LogP contribution in [0.4, 0.5) is 0 Å². The van der Waals surface area contributed by atoms with Crippen LogP contribution in [0.3, 0.4) is 0 Å². The van der Waals surface area contributed by atoms with Crippen molar-refractivity contribution in [2.75, 3.05) is 13.7 Å². The average Bonchev–Trinajstić information content (AvgIpc) is 3.10. The number of esters is 2. The molecule has 4 aliphatic rings. The molecule has 224 valence electrons. The number of ketones is 1. The van der Waals surface area contributed by atoms with Crippen LogP contribution in [0.5, 0.6) is 0 Å². The largest absolute Gasteiger partial charge is 0.460 e. The van der Waals surface area contributed by atoms with E-state index in [0.717, 1.165) is 11.1 Å². The lowest BCUT2D eigenvalue weighted by molar-refractivity contribution is -0.314. The highest BCUT2D eigenvalue weighted by molar-refractivity contribution is 5.87. The molecule has 4 rings (SSSR count). The van der Waals surface area contributed by atoms with Gasteiger partial charge in [-0.1, -0.05) is 38.0 Å². The number of carbonyl (C=O) groups excluding carboxylic acids is 3. The summed E-state index contributed by atoms with van der Waals surface area (Å²) < 4.78 is 16.6. The third-order valence-corrected chi connectivity index (χ3v) is 11.2. The Morgan fingerprint density at radius 2 is 1.75 bits per heavy atom. The van der Waals surface area contributed by atoms with E-state index in [1.807, 2.05) is 33.8 Å². The van der Waals surface area contributed by atoms with Gasteiger partial charge in [0.2, 0.25) is 0 Å². The molecule has 0 heterocycles. The molecule has 3 N–H and O–H groups in total. The fourth-order valence-electron chi connectivity index (χ4n) is 8.32. The second kappa shape index (κ2) is 10.3. The zero-order valence-electron chi connectivity index (χ0n) is 24.9. The SMILES string of the molecule is COCC(=O)O[C@H]1CC[C@@]2(C)C(=CC[C@]3(O)[C@@H]2C[C@@H](OC(=O)/C=C(\C)C(C)C)[C@@]2(C)[C@]3(O)CC[C@@]2(O)C(C)=O)C1. The molecule has 0 radical (unpaired) electrons. The highest BCUT2D eigenvalue weighted by Gasteiger charge is 2.81. The van der Waals surface area contributed by atoms with Gasteiger partial charge in [-0.3, -0.25) is 4.79 Å². The molecule has 3 saturated carbocycles. The zero-order valence-corrected chi connectivity index (χ0v) is 24.9. The van der Waals surface area contributed by atoms with E-state index in [-0.39, 0.29) is 44.3 Å². The third-order valence-electron chi connectivity index (χ3n) is 11.2. The first-order valence-electron chi connectivity index (χ1n) is 14.4. The van der Waals surface area contributed by atoms with Crippen LogP contribution < -0.4 is 0 Å². The summed E-state index contributed by atoms with van der Waals surface area (Å²) >= 11 is 0. The zero-order chi connectivity index (χ0) is 29.9. The summed E-state index contributed by atoms with van der Waals surface area (Å²) in [4.78, 5) is 38.2. The van der Waals surface area contributed by atoms with Crippen LogP contribution in [-0.2, 0) is 28.6 Å². The lowest BCUT2D eigenvalue weighted by Gasteiger charge is -2.67. The quantitative estimate of drug-likeness (QED) is 0.242. The summed E-state index contributed by atoms with van der Waals surface area (Å²) in [5.41, 5.74) is -5.94. The van der Waals surface area contributed by atoms with Gasteiger partial charge in [0.1, 0.15) is 35.6 Å². The molecule has 0 unspecified atom stereocenters. The van der Waals surface area contributed by atoms with Crippen LogP contribution in [0.15, 0.2) is 23.3 Å². The number of methoxy groups -OCH3 is 1. The number of carbonyl (C=O) groups is 3. The van der Waals surface area contributed by atoms with Gasteiger partial charge in [-0.15, -0.1) is 0 Å². The molecular weight excluding hydrogens is 516 g/mol. The molecular formula is C31H46O9. The predicted molar refractivity (Wildman–Crippen MR) is 146 cm³/mol. The molecule has 0 spiro atoms. The highest BCUT2D eigenvalue weighted by atomic mass is 16.6. The van der Waals surface area contributed by atoms with Gasteiger partial charge in [0.25, 0.3) is 0 Å². The second-order valence-corrected chi connectivity index (χ2v) is 13.3. The molecule has 0 amide bonds. The number of Topliss-reactive ketones (excluding diaryl/α,β-unsaturated/α-hetero) is 1. The lowest BCUT2D eigenvalue weighted by Crippen LogP contribution is -2.78. The third kappa shape index (κ3) is 4.30. The lowest BCUT2D eigenvalue weighted by atomic mass is 9.42.